The molecule has 0 saturated carbocycles. The second kappa shape index (κ2) is 10.5. The van der Waals surface area contributed by atoms with Crippen LogP contribution in [-0.4, -0.2) is 49.5 Å². The van der Waals surface area contributed by atoms with E-state index in [0.29, 0.717) is 50.3 Å². The molecule has 4 rings (SSSR count). The molecule has 0 N–H and O–H groups in total. The van der Waals surface area contributed by atoms with Gasteiger partial charge in [-0.15, -0.1) is 0 Å². The summed E-state index contributed by atoms with van der Waals surface area (Å²) in [6, 6.07) is 17.3. The van der Waals surface area contributed by atoms with Crippen LogP contribution in [-0.2, 0) is 0 Å². The molecule has 0 unspecified atom stereocenters. The number of methoxy groups -OCH3 is 4. The van der Waals surface area contributed by atoms with E-state index in [9.17, 15) is 9.59 Å². The van der Waals surface area contributed by atoms with E-state index in [2.05, 4.69) is 0 Å². The number of para-hydroxylation sites is 1. The highest BCUT2D eigenvalue weighted by Crippen LogP contribution is 2.31. The molecule has 180 valence electrons. The molecule has 8 nitrogen and oxygen atoms in total. The molecule has 0 radical (unpaired) electrons. The normalized spacial score (nSPS) is 10.7. The molecule has 3 aromatic carbocycles. The Morgan fingerprint density at radius 1 is 0.829 bits per heavy atom. The maximum atomic E-state index is 13.5. The number of ether oxygens (including phenoxy) is 4. The summed E-state index contributed by atoms with van der Waals surface area (Å²) in [5.41, 5.74) is 1.32. The smallest absolute Gasteiger partial charge is 0.266 e. The van der Waals surface area contributed by atoms with E-state index >= 15 is 0 Å². The van der Waals surface area contributed by atoms with Gasteiger partial charge in [-0.05, 0) is 42.5 Å². The minimum Gasteiger partial charge on any atom is -0.493 e. The van der Waals surface area contributed by atoms with E-state index < -0.39 is 0 Å². The van der Waals surface area contributed by atoms with E-state index in [0.717, 1.165) is 0 Å². The average Bonchev–Trinajstić information content (AvgIpc) is 2.90. The molecule has 1 aromatic heterocycles. The van der Waals surface area contributed by atoms with Crippen LogP contribution in [0.1, 0.15) is 10.4 Å². The molecule has 0 bridgehead atoms. The fourth-order valence-corrected chi connectivity index (χ4v) is 4.53. The van der Waals surface area contributed by atoms with Crippen molar-refractivity contribution in [2.24, 2.45) is 0 Å². The number of benzene rings is 3. The summed E-state index contributed by atoms with van der Waals surface area (Å²) in [7, 11) is 6.12. The molecule has 0 saturated heterocycles. The number of thioether (sulfide) groups is 1. The number of hydrogen-bond acceptors (Lipinski definition) is 8. The van der Waals surface area contributed by atoms with Crippen LogP contribution >= 0.6 is 11.8 Å². The van der Waals surface area contributed by atoms with Gasteiger partial charge < -0.3 is 18.9 Å². The molecular formula is C26H24N2O6S. The number of nitrogens with zero attached hydrogens (tertiary/aromatic N) is 2. The summed E-state index contributed by atoms with van der Waals surface area (Å²) in [5.74, 6) is 1.94. The van der Waals surface area contributed by atoms with Crippen LogP contribution in [0.25, 0.3) is 16.6 Å². The van der Waals surface area contributed by atoms with Crippen LogP contribution in [0.15, 0.2) is 70.6 Å². The predicted molar refractivity (Wildman–Crippen MR) is 135 cm³/mol. The molecule has 0 fully saturated rings. The first kappa shape index (κ1) is 24.2. The van der Waals surface area contributed by atoms with Gasteiger partial charge in [-0.1, -0.05) is 23.9 Å². The third-order valence-electron chi connectivity index (χ3n) is 5.41. The first-order valence-corrected chi connectivity index (χ1v) is 11.6. The van der Waals surface area contributed by atoms with Crippen LogP contribution in [0, 0.1) is 0 Å². The van der Waals surface area contributed by atoms with Crippen molar-refractivity contribution in [2.75, 3.05) is 34.2 Å². The van der Waals surface area contributed by atoms with Crippen molar-refractivity contribution in [2.45, 2.75) is 5.16 Å². The number of carbonyl (C=O) groups excluding carboxylic acids is 1. The van der Waals surface area contributed by atoms with Gasteiger partial charge in [0.25, 0.3) is 5.56 Å². The van der Waals surface area contributed by atoms with Crippen molar-refractivity contribution in [3.8, 4) is 28.7 Å². The average molecular weight is 493 g/mol. The van der Waals surface area contributed by atoms with Gasteiger partial charge in [-0.3, -0.25) is 14.2 Å². The zero-order chi connectivity index (χ0) is 24.9. The number of ketones is 1. The number of carbonyl (C=O) groups is 1. The van der Waals surface area contributed by atoms with Crippen molar-refractivity contribution >= 4 is 28.4 Å². The number of Topliss-reactive ketones (excluding diaryl/α,β-unsaturated/α-hetero) is 1. The number of hydrogen-bond donors (Lipinski definition) is 0. The van der Waals surface area contributed by atoms with Crippen LogP contribution in [0.2, 0.25) is 0 Å². The lowest BCUT2D eigenvalue weighted by Crippen LogP contribution is -2.22. The maximum Gasteiger partial charge on any atom is 0.266 e. The van der Waals surface area contributed by atoms with E-state index in [4.69, 9.17) is 23.9 Å². The Kier molecular flexibility index (Phi) is 7.26. The Morgan fingerprint density at radius 3 is 2.14 bits per heavy atom. The molecular weight excluding hydrogens is 468 g/mol. The van der Waals surface area contributed by atoms with Crippen molar-refractivity contribution in [1.82, 2.24) is 9.55 Å². The molecule has 35 heavy (non-hydrogen) atoms. The largest absolute Gasteiger partial charge is 0.493 e. The molecule has 0 spiro atoms. The lowest BCUT2D eigenvalue weighted by atomic mass is 10.1. The van der Waals surface area contributed by atoms with Gasteiger partial charge in [0.1, 0.15) is 0 Å². The van der Waals surface area contributed by atoms with Gasteiger partial charge in [-0.2, -0.15) is 0 Å². The van der Waals surface area contributed by atoms with Crippen molar-refractivity contribution in [1.29, 1.82) is 0 Å². The van der Waals surface area contributed by atoms with E-state index in [1.165, 1.54) is 37.7 Å². The summed E-state index contributed by atoms with van der Waals surface area (Å²) in [4.78, 5) is 31.2. The van der Waals surface area contributed by atoms with Gasteiger partial charge in [0.2, 0.25) is 0 Å². The van der Waals surface area contributed by atoms with Crippen LogP contribution in [0.4, 0.5) is 0 Å². The highest BCUT2D eigenvalue weighted by Gasteiger charge is 2.18. The number of aromatic nitrogens is 2. The van der Waals surface area contributed by atoms with Gasteiger partial charge >= 0.3 is 0 Å². The molecule has 0 amide bonds. The topological polar surface area (TPSA) is 88.9 Å². The second-order valence-corrected chi connectivity index (χ2v) is 8.32. The quantitative estimate of drug-likeness (QED) is 0.193. The fraction of sp³-hybridized carbons (Fsp3) is 0.192. The summed E-state index contributed by atoms with van der Waals surface area (Å²) in [6.45, 7) is 0. The SMILES string of the molecule is COc1ccc(C(=O)CSc2nc3ccccc3c(=O)n2-c2ccc(OC)c(OC)c2)cc1OC. The molecule has 1 heterocycles. The van der Waals surface area contributed by atoms with E-state index in [1.807, 2.05) is 6.07 Å². The highest BCUT2D eigenvalue weighted by atomic mass is 32.2. The lowest BCUT2D eigenvalue weighted by molar-refractivity contribution is 0.102. The zero-order valence-electron chi connectivity index (χ0n) is 19.7. The maximum absolute atomic E-state index is 13.5. The van der Waals surface area contributed by atoms with Crippen molar-refractivity contribution in [3.63, 3.8) is 0 Å². The summed E-state index contributed by atoms with van der Waals surface area (Å²) < 4.78 is 22.8. The highest BCUT2D eigenvalue weighted by molar-refractivity contribution is 7.99. The third kappa shape index (κ3) is 4.81. The molecule has 0 aliphatic heterocycles. The zero-order valence-corrected chi connectivity index (χ0v) is 20.5. The molecule has 0 aliphatic carbocycles. The van der Waals surface area contributed by atoms with Crippen LogP contribution in [0.5, 0.6) is 23.0 Å². The minimum atomic E-state index is -0.246. The van der Waals surface area contributed by atoms with Gasteiger partial charge in [0.05, 0.1) is 50.8 Å². The van der Waals surface area contributed by atoms with Gasteiger partial charge in [0, 0.05) is 11.6 Å². The first-order valence-electron chi connectivity index (χ1n) is 10.6. The minimum absolute atomic E-state index is 0.0630. The molecule has 0 aliphatic rings. The lowest BCUT2D eigenvalue weighted by Gasteiger charge is -2.15. The van der Waals surface area contributed by atoms with Crippen LogP contribution < -0.4 is 24.5 Å². The Balaban J connectivity index is 1.75. The van der Waals surface area contributed by atoms with Crippen molar-refractivity contribution in [3.05, 3.63) is 76.6 Å². The molecule has 0 atom stereocenters. The van der Waals surface area contributed by atoms with Gasteiger partial charge in [0.15, 0.2) is 33.9 Å². The van der Waals surface area contributed by atoms with Crippen LogP contribution in [0.3, 0.4) is 0 Å². The predicted octanol–water partition coefficient (Wildman–Crippen LogP) is 4.40. The Labute approximate surface area is 206 Å². The first-order chi connectivity index (χ1) is 17.0. The third-order valence-corrected chi connectivity index (χ3v) is 6.35. The Hall–Kier alpha value is -3.98. The van der Waals surface area contributed by atoms with Gasteiger partial charge in [-0.25, -0.2) is 4.98 Å². The summed E-state index contributed by atoms with van der Waals surface area (Å²) >= 11 is 1.18. The molecule has 4 aromatic rings. The van der Waals surface area contributed by atoms with Crippen molar-refractivity contribution < 1.29 is 23.7 Å². The number of rotatable bonds is 9. The molecule has 9 heteroatoms. The summed E-state index contributed by atoms with van der Waals surface area (Å²) in [6.07, 6.45) is 0. The monoisotopic (exact) mass is 492 g/mol. The second-order valence-electron chi connectivity index (χ2n) is 7.37. The Morgan fingerprint density at radius 2 is 1.46 bits per heavy atom. The fourth-order valence-electron chi connectivity index (χ4n) is 3.62. The number of fused-ring (bicyclic) bond motifs is 1. The van der Waals surface area contributed by atoms with E-state index in [1.54, 1.807) is 61.7 Å². The summed E-state index contributed by atoms with van der Waals surface area (Å²) in [5, 5.41) is 0.854. The standard InChI is InChI=1S/C26H24N2O6S/c1-31-21-11-9-16(13-23(21)33-3)20(29)15-35-26-27-19-8-6-5-7-18(19)25(30)28(26)17-10-12-22(32-2)24(14-17)34-4/h5-14H,15H2,1-4H3. The van der Waals surface area contributed by atoms with E-state index in [-0.39, 0.29) is 17.1 Å². The Bertz CT molecular complexity index is 1450.